The summed E-state index contributed by atoms with van der Waals surface area (Å²) < 4.78 is 20.7. The summed E-state index contributed by atoms with van der Waals surface area (Å²) in [5, 5.41) is 5.70. The van der Waals surface area contributed by atoms with Crippen LogP contribution in [-0.2, 0) is 6.42 Å². The smallest absolute Gasteiger partial charge is 0.140 e. The highest BCUT2D eigenvalue weighted by atomic mass is 35.5. The number of anilines is 2. The molecule has 0 unspecified atom stereocenters. The SMILES string of the molecule is COc1cccc(CC[C@H]2CN(C3=Nc4ccc(F)cc4Nc4sc5ccccc5c43)CCN2C)c1.Cl.Cl. The van der Waals surface area contributed by atoms with Crippen LogP contribution >= 0.6 is 36.2 Å². The van der Waals surface area contributed by atoms with Gasteiger partial charge in [0.25, 0.3) is 0 Å². The molecule has 0 spiro atoms. The van der Waals surface area contributed by atoms with Crippen molar-refractivity contribution < 1.29 is 9.13 Å². The first-order chi connectivity index (χ1) is 17.6. The van der Waals surface area contributed by atoms with Crippen molar-refractivity contribution in [2.75, 3.05) is 39.1 Å². The predicted octanol–water partition coefficient (Wildman–Crippen LogP) is 7.28. The number of likely N-dealkylation sites (N-methyl/N-ethyl adjacent to an activating group) is 1. The standard InChI is InChI=1S/C29H29FN4OS.2ClH/c1-33-14-15-34(18-21(33)12-10-19-6-5-7-22(16-19)35-2)28-27-23-8-3-4-9-26(23)36-29(27)32-25-17-20(30)11-13-24(25)31-28;;/h3-9,11,13,16-17,21,32H,10,12,14-15,18H2,1-2H3;2*1H/t21-;;/m0../s1. The summed E-state index contributed by atoms with van der Waals surface area (Å²) in [6, 6.07) is 22.0. The van der Waals surface area contributed by atoms with Crippen LogP contribution in [0.2, 0.25) is 0 Å². The summed E-state index contributed by atoms with van der Waals surface area (Å²) in [4.78, 5) is 10.0. The van der Waals surface area contributed by atoms with Gasteiger partial charge in [0.1, 0.15) is 22.4 Å². The minimum absolute atomic E-state index is 0. The molecule has 38 heavy (non-hydrogen) atoms. The molecular weight excluding hydrogens is 542 g/mol. The van der Waals surface area contributed by atoms with Gasteiger partial charge >= 0.3 is 0 Å². The number of piperazine rings is 1. The minimum atomic E-state index is -0.264. The first kappa shape index (κ1) is 28.2. The van der Waals surface area contributed by atoms with Gasteiger partial charge in [-0.2, -0.15) is 0 Å². The number of thiophene rings is 1. The first-order valence-corrected chi connectivity index (χ1v) is 13.2. The number of fused-ring (bicyclic) bond motifs is 4. The van der Waals surface area contributed by atoms with Crippen molar-refractivity contribution in [2.45, 2.75) is 18.9 Å². The van der Waals surface area contributed by atoms with Crippen molar-refractivity contribution in [3.05, 3.63) is 83.7 Å². The molecule has 3 heterocycles. The van der Waals surface area contributed by atoms with E-state index in [1.54, 1.807) is 24.5 Å². The highest BCUT2D eigenvalue weighted by Crippen LogP contribution is 2.43. The van der Waals surface area contributed by atoms with Crippen molar-refractivity contribution in [3.8, 4) is 5.75 Å². The number of hydrogen-bond donors (Lipinski definition) is 1. The summed E-state index contributed by atoms with van der Waals surface area (Å²) in [6.07, 6.45) is 2.04. The van der Waals surface area contributed by atoms with Gasteiger partial charge < -0.3 is 15.0 Å². The van der Waals surface area contributed by atoms with Gasteiger partial charge in [-0.15, -0.1) is 36.2 Å². The Morgan fingerprint density at radius 3 is 2.74 bits per heavy atom. The molecule has 1 saturated heterocycles. The maximum atomic E-state index is 14.1. The third-order valence-electron chi connectivity index (χ3n) is 7.23. The fourth-order valence-corrected chi connectivity index (χ4v) is 6.30. The average molecular weight is 574 g/mol. The molecule has 1 fully saturated rings. The number of amidine groups is 1. The van der Waals surface area contributed by atoms with Gasteiger partial charge in [-0.3, -0.25) is 4.90 Å². The zero-order valence-corrected chi connectivity index (χ0v) is 23.8. The van der Waals surface area contributed by atoms with Crippen LogP contribution in [0.1, 0.15) is 17.5 Å². The maximum Gasteiger partial charge on any atom is 0.140 e. The van der Waals surface area contributed by atoms with E-state index < -0.39 is 0 Å². The van der Waals surface area contributed by atoms with E-state index in [2.05, 4.69) is 64.6 Å². The van der Waals surface area contributed by atoms with Crippen LogP contribution in [0, 0.1) is 5.82 Å². The van der Waals surface area contributed by atoms with E-state index in [1.165, 1.54) is 27.8 Å². The van der Waals surface area contributed by atoms with Crippen molar-refractivity contribution in [1.82, 2.24) is 9.80 Å². The van der Waals surface area contributed by atoms with Crippen molar-refractivity contribution in [2.24, 2.45) is 4.99 Å². The van der Waals surface area contributed by atoms with E-state index in [0.717, 1.165) is 60.3 Å². The summed E-state index contributed by atoms with van der Waals surface area (Å²) in [5.74, 6) is 1.61. The molecular formula is C29H31Cl2FN4OS. The van der Waals surface area contributed by atoms with E-state index in [1.807, 2.05) is 6.07 Å². The number of hydrogen-bond acceptors (Lipinski definition) is 6. The number of methoxy groups -OCH3 is 1. The lowest BCUT2D eigenvalue weighted by Crippen LogP contribution is -2.53. The number of rotatable bonds is 4. The van der Waals surface area contributed by atoms with Gasteiger partial charge in [-0.25, -0.2) is 9.38 Å². The Morgan fingerprint density at radius 2 is 1.89 bits per heavy atom. The third kappa shape index (κ3) is 5.47. The van der Waals surface area contributed by atoms with Gasteiger partial charge in [-0.05, 0) is 61.9 Å². The van der Waals surface area contributed by atoms with Crippen molar-refractivity contribution >= 4 is 68.4 Å². The molecule has 9 heteroatoms. The highest BCUT2D eigenvalue weighted by Gasteiger charge is 2.31. The van der Waals surface area contributed by atoms with Crippen molar-refractivity contribution in [1.29, 1.82) is 0 Å². The molecule has 2 aliphatic rings. The van der Waals surface area contributed by atoms with Gasteiger partial charge in [0.15, 0.2) is 0 Å². The third-order valence-corrected chi connectivity index (χ3v) is 8.32. The van der Waals surface area contributed by atoms with Crippen LogP contribution < -0.4 is 10.1 Å². The number of aliphatic imine (C=N–C) groups is 1. The van der Waals surface area contributed by atoms with Crippen LogP contribution in [0.25, 0.3) is 10.1 Å². The molecule has 1 atom stereocenters. The second kappa shape index (κ2) is 11.9. The molecule has 200 valence electrons. The lowest BCUT2D eigenvalue weighted by Gasteiger charge is -2.41. The van der Waals surface area contributed by atoms with Crippen molar-refractivity contribution in [3.63, 3.8) is 0 Å². The molecule has 5 nitrogen and oxygen atoms in total. The lowest BCUT2D eigenvalue weighted by molar-refractivity contribution is 0.134. The van der Waals surface area contributed by atoms with E-state index in [0.29, 0.717) is 11.7 Å². The number of ether oxygens (including phenoxy) is 1. The average Bonchev–Trinajstić information content (AvgIpc) is 3.17. The Bertz CT molecular complexity index is 1460. The fourth-order valence-electron chi connectivity index (χ4n) is 5.19. The zero-order valence-electron chi connectivity index (χ0n) is 21.3. The van der Waals surface area contributed by atoms with Crippen LogP contribution in [0.15, 0.2) is 71.7 Å². The number of nitrogens with zero attached hydrogens (tertiary/aromatic N) is 3. The Hall–Kier alpha value is -2.84. The summed E-state index contributed by atoms with van der Waals surface area (Å²) >= 11 is 1.70. The number of nitrogens with one attached hydrogen (secondary N) is 1. The predicted molar refractivity (Wildman–Crippen MR) is 162 cm³/mol. The molecule has 0 radical (unpaired) electrons. The van der Waals surface area contributed by atoms with E-state index >= 15 is 0 Å². The molecule has 1 aromatic heterocycles. The van der Waals surface area contributed by atoms with E-state index in [9.17, 15) is 4.39 Å². The molecule has 0 amide bonds. The number of aryl methyl sites for hydroxylation is 1. The summed E-state index contributed by atoms with van der Waals surface area (Å²) in [7, 11) is 3.93. The second-order valence-corrected chi connectivity index (χ2v) is 10.5. The molecule has 0 bridgehead atoms. The molecule has 4 aromatic rings. The molecule has 2 aliphatic heterocycles. The molecule has 6 rings (SSSR count). The second-order valence-electron chi connectivity index (χ2n) is 9.49. The van der Waals surface area contributed by atoms with Crippen LogP contribution in [-0.4, -0.2) is 55.5 Å². The molecule has 0 aliphatic carbocycles. The first-order valence-electron chi connectivity index (χ1n) is 12.3. The monoisotopic (exact) mass is 572 g/mol. The topological polar surface area (TPSA) is 40.1 Å². The Labute approximate surface area is 239 Å². The number of halogens is 3. The van der Waals surface area contributed by atoms with Gasteiger partial charge in [0.05, 0.1) is 24.0 Å². The van der Waals surface area contributed by atoms with E-state index in [-0.39, 0.29) is 30.6 Å². The normalized spacial score (nSPS) is 16.8. The van der Waals surface area contributed by atoms with Crippen LogP contribution in [0.4, 0.5) is 20.8 Å². The fraction of sp³-hybridized carbons (Fsp3) is 0.276. The molecule has 3 aromatic carbocycles. The largest absolute Gasteiger partial charge is 0.497 e. The highest BCUT2D eigenvalue weighted by molar-refractivity contribution is 7.23. The zero-order chi connectivity index (χ0) is 24.6. The maximum absolute atomic E-state index is 14.1. The molecule has 1 N–H and O–H groups in total. The summed E-state index contributed by atoms with van der Waals surface area (Å²) in [5.41, 5.74) is 3.88. The van der Waals surface area contributed by atoms with Crippen LogP contribution in [0.5, 0.6) is 5.75 Å². The number of benzene rings is 3. The van der Waals surface area contributed by atoms with Gasteiger partial charge in [-0.1, -0.05) is 30.3 Å². The summed E-state index contributed by atoms with van der Waals surface area (Å²) in [6.45, 7) is 2.74. The van der Waals surface area contributed by atoms with Gasteiger partial charge in [0, 0.05) is 35.8 Å². The Kier molecular flexibility index (Phi) is 8.83. The van der Waals surface area contributed by atoms with Gasteiger partial charge in [0.2, 0.25) is 0 Å². The van der Waals surface area contributed by atoms with E-state index in [4.69, 9.17) is 9.73 Å². The van der Waals surface area contributed by atoms with Crippen LogP contribution in [0.3, 0.4) is 0 Å². The lowest BCUT2D eigenvalue weighted by atomic mass is 10.0. The Morgan fingerprint density at radius 1 is 1.05 bits per heavy atom. The Balaban J connectivity index is 0.00000168. The molecule has 0 saturated carbocycles. The quantitative estimate of drug-likeness (QED) is 0.279. The minimum Gasteiger partial charge on any atom is -0.497 e.